The smallest absolute Gasteiger partial charge is 0.223 e. The van der Waals surface area contributed by atoms with E-state index in [0.29, 0.717) is 36.3 Å². The van der Waals surface area contributed by atoms with Crippen molar-refractivity contribution in [1.82, 2.24) is 9.80 Å². The van der Waals surface area contributed by atoms with Crippen molar-refractivity contribution in [1.29, 1.82) is 0 Å². The third kappa shape index (κ3) is 4.77. The molecule has 1 unspecified atom stereocenters. The van der Waals surface area contributed by atoms with E-state index in [4.69, 9.17) is 0 Å². The zero-order valence-corrected chi connectivity index (χ0v) is 16.2. The minimum atomic E-state index is -0.769. The quantitative estimate of drug-likeness (QED) is 0.748. The lowest BCUT2D eigenvalue weighted by atomic mass is 9.83. The second-order valence-corrected chi connectivity index (χ2v) is 8.44. The first-order valence-corrected chi connectivity index (χ1v) is 10.9. The van der Waals surface area contributed by atoms with Crippen molar-refractivity contribution in [3.05, 3.63) is 35.4 Å². The Kier molecular flexibility index (Phi) is 6.92. The first-order valence-electron chi connectivity index (χ1n) is 9.50. The molecule has 3 nitrogen and oxygen atoms in total. The summed E-state index contributed by atoms with van der Waals surface area (Å²) in [5.41, 5.74) is 0.440. The molecule has 0 spiro atoms. The number of hydrogen-bond donors (Lipinski definition) is 0. The van der Waals surface area contributed by atoms with Crippen LogP contribution < -0.4 is 0 Å². The first-order chi connectivity index (χ1) is 12.6. The van der Waals surface area contributed by atoms with Crippen molar-refractivity contribution in [3.63, 3.8) is 0 Å². The topological polar surface area (TPSA) is 23.6 Å². The van der Waals surface area contributed by atoms with E-state index in [1.165, 1.54) is 0 Å². The zero-order chi connectivity index (χ0) is 18.5. The highest BCUT2D eigenvalue weighted by Gasteiger charge is 2.33. The monoisotopic (exact) mass is 382 g/mol. The fourth-order valence-electron chi connectivity index (χ4n) is 4.24. The number of carbonyl (C=O) groups is 1. The highest BCUT2D eigenvalue weighted by atomic mass is 32.2. The first kappa shape index (κ1) is 19.6. The van der Waals surface area contributed by atoms with Gasteiger partial charge in [-0.05, 0) is 56.5 Å². The second-order valence-electron chi connectivity index (χ2n) is 7.46. The number of thioether (sulfide) groups is 1. The van der Waals surface area contributed by atoms with Crippen LogP contribution in [0.1, 0.15) is 31.2 Å². The maximum Gasteiger partial charge on any atom is 0.223 e. The molecule has 0 aromatic heterocycles. The van der Waals surface area contributed by atoms with Crippen LogP contribution in [0.2, 0.25) is 0 Å². The Morgan fingerprint density at radius 3 is 2.62 bits per heavy atom. The van der Waals surface area contributed by atoms with E-state index in [-0.39, 0.29) is 0 Å². The molecule has 1 aromatic carbocycles. The number of likely N-dealkylation sites (tertiary alicyclic amines) is 2. The van der Waals surface area contributed by atoms with E-state index in [0.717, 1.165) is 57.3 Å². The van der Waals surface area contributed by atoms with Gasteiger partial charge in [-0.1, -0.05) is 12.1 Å². The predicted octanol–water partition coefficient (Wildman–Crippen LogP) is 3.78. The minimum Gasteiger partial charge on any atom is -0.342 e. The van der Waals surface area contributed by atoms with E-state index >= 15 is 0 Å². The molecule has 2 fully saturated rings. The lowest BCUT2D eigenvalue weighted by Crippen LogP contribution is -2.37. The van der Waals surface area contributed by atoms with Crippen LogP contribution in [0, 0.1) is 23.5 Å². The van der Waals surface area contributed by atoms with Gasteiger partial charge in [0.15, 0.2) is 11.6 Å². The third-order valence-electron chi connectivity index (χ3n) is 5.82. The van der Waals surface area contributed by atoms with Crippen LogP contribution >= 0.6 is 11.8 Å². The molecule has 3 rings (SSSR count). The molecule has 0 bridgehead atoms. The normalized spacial score (nSPS) is 22.1. The molecule has 144 valence electrons. The Morgan fingerprint density at radius 1 is 1.15 bits per heavy atom. The number of nitrogens with zero attached hydrogens (tertiary/aromatic N) is 2. The zero-order valence-electron chi connectivity index (χ0n) is 15.4. The van der Waals surface area contributed by atoms with Gasteiger partial charge >= 0.3 is 0 Å². The molecule has 2 aliphatic heterocycles. The summed E-state index contributed by atoms with van der Waals surface area (Å²) in [5.74, 6) is 0.943. The Morgan fingerprint density at radius 2 is 1.88 bits per heavy atom. The van der Waals surface area contributed by atoms with Crippen LogP contribution in [0.4, 0.5) is 8.78 Å². The lowest BCUT2D eigenvalue weighted by Gasteiger charge is -2.35. The Bertz CT molecular complexity index is 620. The van der Waals surface area contributed by atoms with Gasteiger partial charge in [0.25, 0.3) is 0 Å². The molecule has 1 amide bonds. The van der Waals surface area contributed by atoms with E-state index in [9.17, 15) is 13.6 Å². The largest absolute Gasteiger partial charge is 0.342 e. The van der Waals surface area contributed by atoms with Crippen molar-refractivity contribution >= 4 is 17.7 Å². The van der Waals surface area contributed by atoms with Gasteiger partial charge in [-0.15, -0.1) is 0 Å². The van der Waals surface area contributed by atoms with Crippen LogP contribution in [-0.4, -0.2) is 53.9 Å². The average molecular weight is 383 g/mol. The molecule has 1 aromatic rings. The second kappa shape index (κ2) is 9.18. The van der Waals surface area contributed by atoms with Crippen LogP contribution in [0.5, 0.6) is 0 Å². The summed E-state index contributed by atoms with van der Waals surface area (Å²) in [4.78, 5) is 16.4. The molecule has 0 radical (unpaired) electrons. The molecular formula is C20H28F2N2OS. The minimum absolute atomic E-state index is 0.292. The van der Waals surface area contributed by atoms with Gasteiger partial charge in [0, 0.05) is 37.4 Å². The standard InChI is InChI=1S/C20H28F2N2OS/c1-26-12-8-19(25)24-11-7-16(14-24)15-5-9-23(10-6-15)13-17-3-2-4-18(21)20(17)22/h2-4,15-16H,5-14H2,1H3. The summed E-state index contributed by atoms with van der Waals surface area (Å²) in [6.45, 7) is 4.10. The molecule has 2 saturated heterocycles. The summed E-state index contributed by atoms with van der Waals surface area (Å²) >= 11 is 1.72. The van der Waals surface area contributed by atoms with Crippen molar-refractivity contribution in [2.75, 3.05) is 38.2 Å². The van der Waals surface area contributed by atoms with E-state index < -0.39 is 11.6 Å². The molecule has 26 heavy (non-hydrogen) atoms. The van der Waals surface area contributed by atoms with Gasteiger partial charge < -0.3 is 4.90 Å². The molecule has 2 aliphatic rings. The van der Waals surface area contributed by atoms with Crippen molar-refractivity contribution in [3.8, 4) is 0 Å². The van der Waals surface area contributed by atoms with Gasteiger partial charge in [0.1, 0.15) is 0 Å². The van der Waals surface area contributed by atoms with Crippen molar-refractivity contribution < 1.29 is 13.6 Å². The van der Waals surface area contributed by atoms with Crippen LogP contribution in [0.15, 0.2) is 18.2 Å². The molecule has 0 saturated carbocycles. The van der Waals surface area contributed by atoms with Gasteiger partial charge in [0.2, 0.25) is 5.91 Å². The molecule has 0 N–H and O–H groups in total. The fourth-order valence-corrected chi connectivity index (χ4v) is 4.62. The number of carbonyl (C=O) groups excluding carboxylic acids is 1. The van der Waals surface area contributed by atoms with Crippen LogP contribution in [0.25, 0.3) is 0 Å². The van der Waals surface area contributed by atoms with E-state index in [1.54, 1.807) is 23.9 Å². The Balaban J connectivity index is 1.45. The molecule has 6 heteroatoms. The maximum absolute atomic E-state index is 13.8. The SMILES string of the molecule is CSCCC(=O)N1CCC(C2CCN(Cc3cccc(F)c3F)CC2)C1. The van der Waals surface area contributed by atoms with Gasteiger partial charge in [-0.25, -0.2) is 8.78 Å². The average Bonchev–Trinajstić information content (AvgIpc) is 3.14. The molecule has 0 aliphatic carbocycles. The Labute approximate surface area is 159 Å². The number of amides is 1. The summed E-state index contributed by atoms with van der Waals surface area (Å²) in [5, 5.41) is 0. The fraction of sp³-hybridized carbons (Fsp3) is 0.650. The van der Waals surface area contributed by atoms with Gasteiger partial charge in [-0.2, -0.15) is 11.8 Å². The number of benzene rings is 1. The number of piperidine rings is 1. The van der Waals surface area contributed by atoms with Gasteiger partial charge in [0.05, 0.1) is 0 Å². The highest BCUT2D eigenvalue weighted by molar-refractivity contribution is 7.98. The maximum atomic E-state index is 13.8. The van der Waals surface area contributed by atoms with Crippen LogP contribution in [0.3, 0.4) is 0 Å². The highest BCUT2D eigenvalue weighted by Crippen LogP contribution is 2.32. The number of halogens is 2. The van der Waals surface area contributed by atoms with Crippen LogP contribution in [-0.2, 0) is 11.3 Å². The number of rotatable bonds is 6. The summed E-state index contributed by atoms with van der Waals surface area (Å²) in [6.07, 6.45) is 5.94. The lowest BCUT2D eigenvalue weighted by molar-refractivity contribution is -0.129. The third-order valence-corrected chi connectivity index (χ3v) is 6.43. The van der Waals surface area contributed by atoms with E-state index in [2.05, 4.69) is 4.90 Å². The summed E-state index contributed by atoms with van der Waals surface area (Å²) < 4.78 is 27.2. The molecule has 1 atom stereocenters. The Hall–Kier alpha value is -1.14. The summed E-state index contributed by atoms with van der Waals surface area (Å²) in [7, 11) is 0. The van der Waals surface area contributed by atoms with Gasteiger partial charge in [-0.3, -0.25) is 9.69 Å². The van der Waals surface area contributed by atoms with Crippen molar-refractivity contribution in [2.45, 2.75) is 32.2 Å². The van der Waals surface area contributed by atoms with Crippen molar-refractivity contribution in [2.24, 2.45) is 11.8 Å². The van der Waals surface area contributed by atoms with E-state index in [1.807, 2.05) is 11.2 Å². The number of hydrogen-bond acceptors (Lipinski definition) is 3. The molecular weight excluding hydrogens is 354 g/mol. The predicted molar refractivity (Wildman–Crippen MR) is 102 cm³/mol. The summed E-state index contributed by atoms with van der Waals surface area (Å²) in [6, 6.07) is 4.40. The molecule has 2 heterocycles.